The maximum absolute atomic E-state index is 13.1. The van der Waals surface area contributed by atoms with Crippen LogP contribution in [-0.4, -0.2) is 31.1 Å². The van der Waals surface area contributed by atoms with Gasteiger partial charge >= 0.3 is 0 Å². The Morgan fingerprint density at radius 3 is 2.80 bits per heavy atom. The second-order valence-electron chi connectivity index (χ2n) is 6.35. The van der Waals surface area contributed by atoms with Crippen LogP contribution in [0, 0.1) is 5.92 Å². The van der Waals surface area contributed by atoms with Gasteiger partial charge in [0.25, 0.3) is 0 Å². The van der Waals surface area contributed by atoms with Crippen LogP contribution in [0.3, 0.4) is 0 Å². The van der Waals surface area contributed by atoms with Gasteiger partial charge in [0.05, 0.1) is 15.3 Å². The van der Waals surface area contributed by atoms with E-state index in [-0.39, 0.29) is 0 Å². The fourth-order valence-corrected chi connectivity index (χ4v) is 5.17. The SMILES string of the molecule is O=S(=O)(c1ccccc1)c1cn(C[C@@H]2CCNC2)c2cc(Br)ncc12. The Balaban J connectivity index is 1.87. The Morgan fingerprint density at radius 1 is 1.28 bits per heavy atom. The molecule has 0 bridgehead atoms. The van der Waals surface area contributed by atoms with E-state index in [2.05, 4.69) is 30.8 Å². The second kappa shape index (κ2) is 6.55. The molecule has 130 valence electrons. The van der Waals surface area contributed by atoms with Gasteiger partial charge in [-0.2, -0.15) is 0 Å². The number of nitrogens with zero attached hydrogens (tertiary/aromatic N) is 2. The van der Waals surface area contributed by atoms with Crippen LogP contribution in [0.5, 0.6) is 0 Å². The molecule has 1 aliphatic heterocycles. The summed E-state index contributed by atoms with van der Waals surface area (Å²) in [6, 6.07) is 10.4. The topological polar surface area (TPSA) is 64.0 Å². The molecular weight excluding hydrogens is 402 g/mol. The number of rotatable bonds is 4. The predicted octanol–water partition coefficient (Wildman–Crippen LogP) is 3.24. The second-order valence-corrected chi connectivity index (χ2v) is 9.08. The number of pyridine rings is 1. The molecule has 1 aliphatic rings. The number of sulfone groups is 1. The smallest absolute Gasteiger partial charge is 0.208 e. The Kier molecular flexibility index (Phi) is 4.39. The van der Waals surface area contributed by atoms with Crippen molar-refractivity contribution in [2.24, 2.45) is 5.92 Å². The van der Waals surface area contributed by atoms with E-state index >= 15 is 0 Å². The summed E-state index contributed by atoms with van der Waals surface area (Å²) < 4.78 is 29.0. The van der Waals surface area contributed by atoms with Gasteiger partial charge in [-0.25, -0.2) is 13.4 Å². The van der Waals surface area contributed by atoms with E-state index in [0.29, 0.717) is 25.7 Å². The zero-order valence-corrected chi connectivity index (χ0v) is 15.9. The number of hydrogen-bond acceptors (Lipinski definition) is 4. The first-order valence-electron chi connectivity index (χ1n) is 8.21. The number of hydrogen-bond donors (Lipinski definition) is 1. The minimum Gasteiger partial charge on any atom is -0.346 e. The molecule has 1 fully saturated rings. The van der Waals surface area contributed by atoms with Gasteiger partial charge in [0.1, 0.15) is 4.60 Å². The van der Waals surface area contributed by atoms with Crippen molar-refractivity contribution in [3.8, 4) is 0 Å². The van der Waals surface area contributed by atoms with Crippen LogP contribution < -0.4 is 5.32 Å². The molecule has 0 amide bonds. The van der Waals surface area contributed by atoms with Crippen molar-refractivity contribution in [2.45, 2.75) is 22.8 Å². The summed E-state index contributed by atoms with van der Waals surface area (Å²) >= 11 is 3.40. The van der Waals surface area contributed by atoms with Gasteiger partial charge in [0.15, 0.2) is 0 Å². The zero-order valence-electron chi connectivity index (χ0n) is 13.5. The summed E-state index contributed by atoms with van der Waals surface area (Å²) in [5.74, 6) is 0.509. The fourth-order valence-electron chi connectivity index (χ4n) is 3.37. The molecule has 7 heteroatoms. The van der Waals surface area contributed by atoms with Crippen molar-refractivity contribution in [3.05, 3.63) is 53.4 Å². The van der Waals surface area contributed by atoms with Gasteiger partial charge in [0.2, 0.25) is 9.84 Å². The average Bonchev–Trinajstić information content (AvgIpc) is 3.24. The predicted molar refractivity (Wildman–Crippen MR) is 100 cm³/mol. The lowest BCUT2D eigenvalue weighted by atomic mass is 10.1. The van der Waals surface area contributed by atoms with Crippen molar-refractivity contribution in [1.29, 1.82) is 0 Å². The molecule has 0 radical (unpaired) electrons. The van der Waals surface area contributed by atoms with Crippen LogP contribution >= 0.6 is 15.9 Å². The van der Waals surface area contributed by atoms with Crippen LogP contribution in [0.25, 0.3) is 10.9 Å². The van der Waals surface area contributed by atoms with Crippen LogP contribution in [0.2, 0.25) is 0 Å². The molecule has 1 atom stereocenters. The van der Waals surface area contributed by atoms with Gasteiger partial charge in [-0.15, -0.1) is 0 Å². The molecule has 3 aromatic rings. The minimum atomic E-state index is -3.58. The number of fused-ring (bicyclic) bond motifs is 1. The van der Waals surface area contributed by atoms with E-state index < -0.39 is 9.84 Å². The van der Waals surface area contributed by atoms with Crippen molar-refractivity contribution in [2.75, 3.05) is 13.1 Å². The Morgan fingerprint density at radius 2 is 2.08 bits per heavy atom. The summed E-state index contributed by atoms with van der Waals surface area (Å²) in [7, 11) is -3.58. The normalized spacial score (nSPS) is 18.0. The standard InChI is InChI=1S/C18H18BrN3O2S/c19-18-8-16-15(10-21-18)17(12-22(16)11-13-6-7-20-9-13)25(23,24)14-4-2-1-3-5-14/h1-5,8,10,12-13,20H,6-7,9,11H2/t13-/m1/s1. The van der Waals surface area contributed by atoms with Gasteiger partial charge in [-0.05, 0) is 59.6 Å². The molecule has 1 saturated heterocycles. The summed E-state index contributed by atoms with van der Waals surface area (Å²) in [6.07, 6.45) is 4.50. The lowest BCUT2D eigenvalue weighted by molar-refractivity contribution is 0.489. The molecule has 3 heterocycles. The molecular formula is C18H18BrN3O2S. The third kappa shape index (κ3) is 3.12. The number of halogens is 1. The monoisotopic (exact) mass is 419 g/mol. The molecule has 2 aromatic heterocycles. The van der Waals surface area contributed by atoms with Crippen LogP contribution in [0.4, 0.5) is 0 Å². The number of nitrogens with one attached hydrogen (secondary N) is 1. The molecule has 0 saturated carbocycles. The van der Waals surface area contributed by atoms with Crippen LogP contribution in [0.15, 0.2) is 63.2 Å². The molecule has 1 aromatic carbocycles. The van der Waals surface area contributed by atoms with Crippen LogP contribution in [-0.2, 0) is 16.4 Å². The van der Waals surface area contributed by atoms with Gasteiger partial charge in [-0.1, -0.05) is 18.2 Å². The molecule has 5 nitrogen and oxygen atoms in total. The van der Waals surface area contributed by atoms with Crippen molar-refractivity contribution >= 4 is 36.7 Å². The van der Waals surface area contributed by atoms with Crippen molar-refractivity contribution < 1.29 is 8.42 Å². The average molecular weight is 420 g/mol. The van der Waals surface area contributed by atoms with Gasteiger partial charge < -0.3 is 9.88 Å². The molecule has 25 heavy (non-hydrogen) atoms. The number of aromatic nitrogens is 2. The Labute approximate surface area is 155 Å². The highest BCUT2D eigenvalue weighted by molar-refractivity contribution is 9.10. The van der Waals surface area contributed by atoms with E-state index in [4.69, 9.17) is 0 Å². The first kappa shape index (κ1) is 16.8. The maximum Gasteiger partial charge on any atom is 0.208 e. The lowest BCUT2D eigenvalue weighted by Crippen LogP contribution is -2.14. The first-order valence-corrected chi connectivity index (χ1v) is 10.5. The summed E-state index contributed by atoms with van der Waals surface area (Å²) in [6.45, 7) is 2.78. The Bertz CT molecular complexity index is 1010. The van der Waals surface area contributed by atoms with E-state index in [9.17, 15) is 8.42 Å². The molecule has 1 N–H and O–H groups in total. The minimum absolute atomic E-state index is 0.305. The van der Waals surface area contributed by atoms with E-state index in [1.54, 1.807) is 36.7 Å². The van der Waals surface area contributed by atoms with Crippen molar-refractivity contribution in [3.63, 3.8) is 0 Å². The molecule has 0 unspecified atom stereocenters. The molecule has 0 spiro atoms. The highest BCUT2D eigenvalue weighted by Crippen LogP contribution is 2.31. The van der Waals surface area contributed by atoms with E-state index in [0.717, 1.165) is 31.6 Å². The summed E-state index contributed by atoms with van der Waals surface area (Å²) in [5, 5.41) is 4.03. The third-order valence-corrected chi connectivity index (χ3v) is 6.89. The number of benzene rings is 1. The lowest BCUT2D eigenvalue weighted by Gasteiger charge is -2.10. The Hall–Kier alpha value is -1.70. The highest BCUT2D eigenvalue weighted by Gasteiger charge is 2.25. The van der Waals surface area contributed by atoms with Crippen LogP contribution in [0.1, 0.15) is 6.42 Å². The summed E-state index contributed by atoms with van der Waals surface area (Å²) in [5.41, 5.74) is 0.892. The first-order chi connectivity index (χ1) is 12.1. The van der Waals surface area contributed by atoms with E-state index in [1.807, 2.05) is 12.1 Å². The maximum atomic E-state index is 13.1. The van der Waals surface area contributed by atoms with Gasteiger partial charge in [0, 0.05) is 24.3 Å². The van der Waals surface area contributed by atoms with E-state index in [1.165, 1.54) is 0 Å². The highest BCUT2D eigenvalue weighted by atomic mass is 79.9. The molecule has 4 rings (SSSR count). The quantitative estimate of drug-likeness (QED) is 0.659. The molecule has 0 aliphatic carbocycles. The zero-order chi connectivity index (χ0) is 17.4. The van der Waals surface area contributed by atoms with Gasteiger partial charge in [-0.3, -0.25) is 0 Å². The third-order valence-electron chi connectivity index (χ3n) is 4.66. The fraction of sp³-hybridized carbons (Fsp3) is 0.278. The largest absolute Gasteiger partial charge is 0.346 e. The van der Waals surface area contributed by atoms with Crippen molar-refractivity contribution in [1.82, 2.24) is 14.9 Å². The summed E-state index contributed by atoms with van der Waals surface area (Å²) in [4.78, 5) is 4.87.